The number of alkyl halides is 6. The molecule has 37 heavy (non-hydrogen) atoms. The largest absolute Gasteiger partial charge is 0.417 e. The van der Waals surface area contributed by atoms with E-state index in [1.165, 1.54) is 33.6 Å². The van der Waals surface area contributed by atoms with Gasteiger partial charge < -0.3 is 0 Å². The average molecular weight is 584 g/mol. The normalized spacial score (nSPS) is 18.2. The van der Waals surface area contributed by atoms with Crippen molar-refractivity contribution in [1.29, 1.82) is 0 Å². The lowest BCUT2D eigenvalue weighted by molar-refractivity contribution is -0.138. The zero-order chi connectivity index (χ0) is 27.6. The topological polar surface area (TPSA) is 35.9 Å². The Balaban J connectivity index is 1.96. The van der Waals surface area contributed by atoms with E-state index in [-0.39, 0.29) is 12.2 Å². The lowest BCUT2D eigenvalue weighted by atomic mass is 9.78. The van der Waals surface area contributed by atoms with Crippen LogP contribution in [-0.4, -0.2) is 41.6 Å². The van der Waals surface area contributed by atoms with Crippen LogP contribution in [0.4, 0.5) is 36.8 Å². The first kappa shape index (κ1) is 29.5. The standard InChI is InChI=1S/C24H24ClF6N3OS2/c1-22(11-4-12-36-2)14-33(32-20(22)15-5-10-18(19(25)13-15)24(29,30)31)21(35)34(37-3)17-8-6-16(7-9-17)23(26,27)28/h5-10,13H,4,11-12,14H2,1-3H3. The molecule has 202 valence electrons. The number of hydrazone groups is 1. The van der Waals surface area contributed by atoms with E-state index >= 15 is 0 Å². The molecule has 0 aliphatic carbocycles. The number of urea groups is 1. The first-order valence-electron chi connectivity index (χ1n) is 11.0. The first-order chi connectivity index (χ1) is 17.2. The van der Waals surface area contributed by atoms with Gasteiger partial charge in [0.1, 0.15) is 0 Å². The van der Waals surface area contributed by atoms with Crippen molar-refractivity contribution in [2.24, 2.45) is 10.5 Å². The Bertz CT molecular complexity index is 1160. The summed E-state index contributed by atoms with van der Waals surface area (Å²) in [5, 5.41) is 5.22. The van der Waals surface area contributed by atoms with Gasteiger partial charge in [-0.1, -0.05) is 24.6 Å². The summed E-state index contributed by atoms with van der Waals surface area (Å²) in [4.78, 5) is 13.4. The summed E-state index contributed by atoms with van der Waals surface area (Å²) >= 11 is 8.60. The van der Waals surface area contributed by atoms with Crippen molar-refractivity contribution in [3.05, 3.63) is 64.2 Å². The molecule has 2 amide bonds. The summed E-state index contributed by atoms with van der Waals surface area (Å²) in [5.74, 6) is 0.840. The Morgan fingerprint density at radius 3 is 2.24 bits per heavy atom. The van der Waals surface area contributed by atoms with E-state index in [1.54, 1.807) is 18.0 Å². The van der Waals surface area contributed by atoms with E-state index in [0.717, 1.165) is 42.3 Å². The van der Waals surface area contributed by atoms with Crippen LogP contribution < -0.4 is 4.31 Å². The molecule has 0 N–H and O–H groups in total. The number of anilines is 1. The van der Waals surface area contributed by atoms with Gasteiger partial charge in [0.05, 0.1) is 34.1 Å². The van der Waals surface area contributed by atoms with E-state index in [1.807, 2.05) is 13.2 Å². The molecule has 1 aliphatic rings. The lowest BCUT2D eigenvalue weighted by Crippen LogP contribution is -2.39. The van der Waals surface area contributed by atoms with Gasteiger partial charge in [-0.25, -0.2) is 14.1 Å². The van der Waals surface area contributed by atoms with E-state index in [4.69, 9.17) is 11.6 Å². The van der Waals surface area contributed by atoms with Gasteiger partial charge in [-0.3, -0.25) is 0 Å². The molecule has 1 heterocycles. The number of halogens is 7. The summed E-state index contributed by atoms with van der Waals surface area (Å²) in [5.41, 5.74) is -1.47. The minimum Gasteiger partial charge on any atom is -0.245 e. The Kier molecular flexibility index (Phi) is 9.06. The number of nitrogens with zero attached hydrogens (tertiary/aromatic N) is 3. The molecule has 13 heteroatoms. The highest BCUT2D eigenvalue weighted by Crippen LogP contribution is 2.40. The number of hydrogen-bond acceptors (Lipinski definition) is 4. The maximum Gasteiger partial charge on any atom is 0.417 e. The third-order valence-electron chi connectivity index (χ3n) is 5.92. The monoisotopic (exact) mass is 583 g/mol. The lowest BCUT2D eigenvalue weighted by Gasteiger charge is -2.28. The molecule has 2 aromatic carbocycles. The van der Waals surface area contributed by atoms with Crippen LogP contribution in [0.15, 0.2) is 47.6 Å². The van der Waals surface area contributed by atoms with Crippen LogP contribution in [0.1, 0.15) is 36.5 Å². The molecule has 0 fully saturated rings. The summed E-state index contributed by atoms with van der Waals surface area (Å²) in [6.45, 7) is 2.03. The van der Waals surface area contributed by atoms with Gasteiger partial charge in [-0.2, -0.15) is 43.2 Å². The fraction of sp³-hybridized carbons (Fsp3) is 0.417. The molecule has 4 nitrogen and oxygen atoms in total. The Morgan fingerprint density at radius 1 is 1.08 bits per heavy atom. The molecule has 0 saturated carbocycles. The van der Waals surface area contributed by atoms with Crippen molar-refractivity contribution in [2.75, 3.05) is 29.1 Å². The van der Waals surface area contributed by atoms with Crippen molar-refractivity contribution in [1.82, 2.24) is 5.01 Å². The van der Waals surface area contributed by atoms with Crippen molar-refractivity contribution >= 4 is 52.7 Å². The summed E-state index contributed by atoms with van der Waals surface area (Å²) in [6, 6.07) is 6.97. The molecule has 1 unspecified atom stereocenters. The Hall–Kier alpha value is -2.05. The van der Waals surface area contributed by atoms with Gasteiger partial charge in [-0.05, 0) is 78.8 Å². The molecule has 1 aliphatic heterocycles. The van der Waals surface area contributed by atoms with Gasteiger partial charge in [0.15, 0.2) is 0 Å². The number of rotatable bonds is 7. The molecule has 0 saturated heterocycles. The van der Waals surface area contributed by atoms with Crippen LogP contribution in [0.5, 0.6) is 0 Å². The van der Waals surface area contributed by atoms with Crippen molar-refractivity contribution in [3.63, 3.8) is 0 Å². The van der Waals surface area contributed by atoms with Crippen LogP contribution >= 0.6 is 35.3 Å². The molecule has 0 aromatic heterocycles. The summed E-state index contributed by atoms with van der Waals surface area (Å²) < 4.78 is 79.8. The van der Waals surface area contributed by atoms with Crippen LogP contribution in [0.2, 0.25) is 5.02 Å². The van der Waals surface area contributed by atoms with Gasteiger partial charge in [0, 0.05) is 11.7 Å². The summed E-state index contributed by atoms with van der Waals surface area (Å²) in [7, 11) is 0. The highest BCUT2D eigenvalue weighted by molar-refractivity contribution is 8.00. The average Bonchev–Trinajstić information content (AvgIpc) is 3.16. The number of carbonyl (C=O) groups excluding carboxylic acids is 1. The maximum absolute atomic E-state index is 13.4. The number of thioether (sulfide) groups is 1. The number of carbonyl (C=O) groups is 1. The number of amides is 2. The van der Waals surface area contributed by atoms with Crippen LogP contribution in [0.3, 0.4) is 0 Å². The second kappa shape index (κ2) is 11.4. The first-order valence-corrected chi connectivity index (χ1v) is 13.9. The Morgan fingerprint density at radius 2 is 1.73 bits per heavy atom. The SMILES string of the molecule is CSCCCC1(C)CN(C(=O)N(SC)c2ccc(C(F)(F)F)cc2)N=C1c1ccc(C(F)(F)F)c(Cl)c1. The van der Waals surface area contributed by atoms with E-state index in [2.05, 4.69) is 5.10 Å². The molecule has 0 spiro atoms. The quantitative estimate of drug-likeness (QED) is 0.186. The van der Waals surface area contributed by atoms with Crippen molar-refractivity contribution < 1.29 is 31.1 Å². The molecule has 3 rings (SSSR count). The highest BCUT2D eigenvalue weighted by Gasteiger charge is 2.43. The number of hydrogen-bond donors (Lipinski definition) is 0. The third-order valence-corrected chi connectivity index (χ3v) is 7.66. The minimum atomic E-state index is -4.61. The fourth-order valence-electron chi connectivity index (χ4n) is 4.08. The second-order valence-corrected chi connectivity index (χ2v) is 10.8. The van der Waals surface area contributed by atoms with Gasteiger partial charge in [0.25, 0.3) is 0 Å². The van der Waals surface area contributed by atoms with E-state index < -0.39 is 39.9 Å². The Labute approximate surface area is 224 Å². The minimum absolute atomic E-state index is 0.145. The number of benzene rings is 2. The highest BCUT2D eigenvalue weighted by atomic mass is 35.5. The van der Waals surface area contributed by atoms with Gasteiger partial charge >= 0.3 is 18.4 Å². The molecule has 0 radical (unpaired) electrons. The van der Waals surface area contributed by atoms with Crippen LogP contribution in [-0.2, 0) is 12.4 Å². The molecule has 1 atom stereocenters. The van der Waals surface area contributed by atoms with Crippen molar-refractivity contribution in [2.45, 2.75) is 32.1 Å². The van der Waals surface area contributed by atoms with Crippen LogP contribution in [0, 0.1) is 5.41 Å². The zero-order valence-electron chi connectivity index (χ0n) is 20.1. The predicted molar refractivity (Wildman–Crippen MR) is 138 cm³/mol. The second-order valence-electron chi connectivity index (χ2n) is 8.66. The van der Waals surface area contributed by atoms with Gasteiger partial charge in [0.2, 0.25) is 0 Å². The molecule has 0 bridgehead atoms. The van der Waals surface area contributed by atoms with E-state index in [0.29, 0.717) is 17.7 Å². The zero-order valence-corrected chi connectivity index (χ0v) is 22.5. The molecular weight excluding hydrogens is 560 g/mol. The smallest absolute Gasteiger partial charge is 0.245 e. The predicted octanol–water partition coefficient (Wildman–Crippen LogP) is 8.45. The molecular formula is C24H24ClF6N3OS2. The molecule has 2 aromatic rings. The fourth-order valence-corrected chi connectivity index (χ4v) is 5.38. The van der Waals surface area contributed by atoms with Crippen molar-refractivity contribution in [3.8, 4) is 0 Å². The third kappa shape index (κ3) is 6.69. The maximum atomic E-state index is 13.4. The van der Waals surface area contributed by atoms with Crippen LogP contribution in [0.25, 0.3) is 0 Å². The summed E-state index contributed by atoms with van der Waals surface area (Å²) in [6.07, 6.45) is -4.19. The van der Waals surface area contributed by atoms with E-state index in [9.17, 15) is 31.1 Å². The van der Waals surface area contributed by atoms with Gasteiger partial charge in [-0.15, -0.1) is 0 Å².